The lowest BCUT2D eigenvalue weighted by Gasteiger charge is -2.19. The monoisotopic (exact) mass is 686 g/mol. The SMILES string of the molecule is CCCCCCCCOc1cc(COC(=O)c2c(F)c(F)c(F)c(F)c2F)cc(OCCCCCCCC)c1OCCCCCCCC. The first-order chi connectivity index (χ1) is 23.3. The van der Waals surface area contributed by atoms with Crippen molar-refractivity contribution in [2.45, 2.75) is 143 Å². The maximum Gasteiger partial charge on any atom is 0.344 e. The molecule has 10 heteroatoms. The van der Waals surface area contributed by atoms with Crippen LogP contribution in [0.2, 0.25) is 0 Å². The smallest absolute Gasteiger partial charge is 0.344 e. The highest BCUT2D eigenvalue weighted by Crippen LogP contribution is 2.40. The van der Waals surface area contributed by atoms with Crippen molar-refractivity contribution in [1.29, 1.82) is 0 Å². The van der Waals surface area contributed by atoms with Gasteiger partial charge in [0.1, 0.15) is 12.2 Å². The first-order valence-electron chi connectivity index (χ1n) is 18.0. The van der Waals surface area contributed by atoms with Gasteiger partial charge in [-0.25, -0.2) is 26.7 Å². The molecule has 5 nitrogen and oxygen atoms in total. The summed E-state index contributed by atoms with van der Waals surface area (Å²) in [5.41, 5.74) is -1.31. The van der Waals surface area contributed by atoms with Gasteiger partial charge in [-0.2, -0.15) is 0 Å². The number of esters is 1. The Balaban J connectivity index is 2.27. The molecule has 0 aromatic heterocycles. The van der Waals surface area contributed by atoms with Gasteiger partial charge in [-0.05, 0) is 37.0 Å². The number of unbranched alkanes of at least 4 members (excludes halogenated alkanes) is 15. The number of ether oxygens (including phenoxy) is 4. The summed E-state index contributed by atoms with van der Waals surface area (Å²) >= 11 is 0. The van der Waals surface area contributed by atoms with Gasteiger partial charge < -0.3 is 18.9 Å². The third-order valence-electron chi connectivity index (χ3n) is 8.12. The lowest BCUT2D eigenvalue weighted by atomic mass is 10.1. The molecule has 0 N–H and O–H groups in total. The maximum atomic E-state index is 14.3. The number of hydrogen-bond acceptors (Lipinski definition) is 5. The van der Waals surface area contributed by atoms with Gasteiger partial charge in [-0.1, -0.05) is 117 Å². The van der Waals surface area contributed by atoms with Gasteiger partial charge in [0.05, 0.1) is 19.8 Å². The van der Waals surface area contributed by atoms with E-state index in [0.717, 1.165) is 83.5 Å². The highest BCUT2D eigenvalue weighted by atomic mass is 19.2. The van der Waals surface area contributed by atoms with Gasteiger partial charge in [-0.3, -0.25) is 0 Å². The van der Waals surface area contributed by atoms with Crippen LogP contribution < -0.4 is 14.2 Å². The van der Waals surface area contributed by atoms with Crippen molar-refractivity contribution in [3.63, 3.8) is 0 Å². The molecule has 2 aromatic rings. The number of hydrogen-bond donors (Lipinski definition) is 0. The third kappa shape index (κ3) is 14.2. The molecule has 48 heavy (non-hydrogen) atoms. The van der Waals surface area contributed by atoms with Crippen LogP contribution in [0.4, 0.5) is 22.0 Å². The number of carbonyl (C=O) groups is 1. The van der Waals surface area contributed by atoms with E-state index in [1.54, 1.807) is 12.1 Å². The normalized spacial score (nSPS) is 11.2. The van der Waals surface area contributed by atoms with E-state index >= 15 is 0 Å². The van der Waals surface area contributed by atoms with Gasteiger partial charge in [0, 0.05) is 0 Å². The number of benzene rings is 2. The molecule has 2 aromatic carbocycles. The molecule has 0 aliphatic carbocycles. The molecule has 0 unspecified atom stereocenters. The Bertz CT molecular complexity index is 1150. The molecule has 0 atom stereocenters. The second-order valence-electron chi connectivity index (χ2n) is 12.3. The number of carbonyl (C=O) groups excluding carboxylic acids is 1. The van der Waals surface area contributed by atoms with Crippen molar-refractivity contribution >= 4 is 5.97 Å². The summed E-state index contributed by atoms with van der Waals surface area (Å²) in [6.45, 7) is 7.23. The average molecular weight is 687 g/mol. The van der Waals surface area contributed by atoms with Gasteiger partial charge in [-0.15, -0.1) is 0 Å². The summed E-state index contributed by atoms with van der Waals surface area (Å²) in [6.07, 6.45) is 19.3. The Morgan fingerprint density at radius 2 is 0.854 bits per heavy atom. The van der Waals surface area contributed by atoms with E-state index in [2.05, 4.69) is 20.8 Å². The molecule has 0 saturated heterocycles. The minimum Gasteiger partial charge on any atom is -0.490 e. The second-order valence-corrected chi connectivity index (χ2v) is 12.3. The molecule has 0 spiro atoms. The topological polar surface area (TPSA) is 54.0 Å². The van der Waals surface area contributed by atoms with E-state index in [0.29, 0.717) is 42.6 Å². The lowest BCUT2D eigenvalue weighted by molar-refractivity contribution is 0.0457. The van der Waals surface area contributed by atoms with Crippen LogP contribution >= 0.6 is 0 Å². The Morgan fingerprint density at radius 3 is 1.27 bits per heavy atom. The fourth-order valence-corrected chi connectivity index (χ4v) is 5.26. The molecule has 0 amide bonds. The maximum absolute atomic E-state index is 14.3. The molecule has 0 fully saturated rings. The zero-order chi connectivity index (χ0) is 35.1. The molecule has 0 aliphatic rings. The molecule has 0 radical (unpaired) electrons. The summed E-state index contributed by atoms with van der Waals surface area (Å²) < 4.78 is 93.1. The van der Waals surface area contributed by atoms with Crippen LogP contribution in [-0.4, -0.2) is 25.8 Å². The Morgan fingerprint density at radius 1 is 0.500 bits per heavy atom. The fourth-order valence-electron chi connectivity index (χ4n) is 5.26. The molecule has 272 valence electrons. The molecule has 0 heterocycles. The van der Waals surface area contributed by atoms with Gasteiger partial charge in [0.25, 0.3) is 0 Å². The molecule has 2 rings (SSSR count). The summed E-state index contributed by atoms with van der Waals surface area (Å²) in [5, 5.41) is 0. The predicted octanol–water partition coefficient (Wildman–Crippen LogP) is 12.0. The van der Waals surface area contributed by atoms with Gasteiger partial charge >= 0.3 is 5.97 Å². The van der Waals surface area contributed by atoms with Crippen molar-refractivity contribution in [2.75, 3.05) is 19.8 Å². The first kappa shape index (κ1) is 41.1. The molecular formula is C38H55F5O5. The van der Waals surface area contributed by atoms with Crippen LogP contribution in [0.5, 0.6) is 17.2 Å². The minimum atomic E-state index is -2.35. The van der Waals surface area contributed by atoms with E-state index in [9.17, 15) is 26.7 Å². The third-order valence-corrected chi connectivity index (χ3v) is 8.12. The van der Waals surface area contributed by atoms with E-state index in [4.69, 9.17) is 18.9 Å². The zero-order valence-corrected chi connectivity index (χ0v) is 29.1. The quantitative estimate of drug-likeness (QED) is 0.0308. The largest absolute Gasteiger partial charge is 0.490 e. The van der Waals surface area contributed by atoms with Gasteiger partial charge in [0.15, 0.2) is 34.8 Å². The van der Waals surface area contributed by atoms with E-state index in [1.807, 2.05) is 0 Å². The highest BCUT2D eigenvalue weighted by Gasteiger charge is 2.31. The van der Waals surface area contributed by atoms with E-state index in [1.165, 1.54) is 32.1 Å². The van der Waals surface area contributed by atoms with Crippen LogP contribution in [-0.2, 0) is 11.3 Å². The number of halogens is 5. The average Bonchev–Trinajstić information content (AvgIpc) is 3.08. The lowest BCUT2D eigenvalue weighted by Crippen LogP contribution is -2.15. The van der Waals surface area contributed by atoms with Gasteiger partial charge in [0.2, 0.25) is 11.6 Å². The summed E-state index contributed by atoms with van der Waals surface area (Å²) in [5.74, 6) is -11.8. The second kappa shape index (κ2) is 24.2. The van der Waals surface area contributed by atoms with Crippen LogP contribution in [0.25, 0.3) is 0 Å². The summed E-state index contributed by atoms with van der Waals surface area (Å²) in [4.78, 5) is 12.6. The Labute approximate surface area is 283 Å². The molecule has 0 aliphatic heterocycles. The number of rotatable bonds is 27. The van der Waals surface area contributed by atoms with Crippen LogP contribution in [0, 0.1) is 29.1 Å². The predicted molar refractivity (Wildman–Crippen MR) is 178 cm³/mol. The molecule has 0 bridgehead atoms. The van der Waals surface area contributed by atoms with Crippen molar-refractivity contribution < 1.29 is 45.7 Å². The summed E-state index contributed by atoms with van der Waals surface area (Å²) in [6, 6.07) is 3.19. The zero-order valence-electron chi connectivity index (χ0n) is 29.1. The van der Waals surface area contributed by atoms with Crippen molar-refractivity contribution in [1.82, 2.24) is 0 Å². The van der Waals surface area contributed by atoms with Crippen LogP contribution in [0.3, 0.4) is 0 Å². The molecular weight excluding hydrogens is 631 g/mol. The highest BCUT2D eigenvalue weighted by molar-refractivity contribution is 5.90. The fraction of sp³-hybridized carbons (Fsp3) is 0.658. The van der Waals surface area contributed by atoms with Crippen LogP contribution in [0.1, 0.15) is 152 Å². The van der Waals surface area contributed by atoms with Crippen molar-refractivity contribution in [2.24, 2.45) is 0 Å². The standard InChI is InChI=1S/C38H55F5O5/c1-4-7-10-13-16-19-22-45-29-25-28(27-48-38(44)31-32(39)34(41)36(43)35(42)33(31)40)26-30(46-23-20-17-14-11-8-5-2)37(29)47-24-21-18-15-12-9-6-3/h25-26H,4-24,27H2,1-3H3. The summed E-state index contributed by atoms with van der Waals surface area (Å²) in [7, 11) is 0. The van der Waals surface area contributed by atoms with E-state index < -0.39 is 47.2 Å². The minimum absolute atomic E-state index is 0.343. The van der Waals surface area contributed by atoms with Crippen molar-refractivity contribution in [3.05, 3.63) is 52.3 Å². The molecule has 0 saturated carbocycles. The van der Waals surface area contributed by atoms with Crippen LogP contribution in [0.15, 0.2) is 12.1 Å². The Hall–Kier alpha value is -3.04. The van der Waals surface area contributed by atoms with E-state index in [-0.39, 0.29) is 0 Å². The Kier molecular flexibility index (Phi) is 20.7. The van der Waals surface area contributed by atoms with Crippen molar-refractivity contribution in [3.8, 4) is 17.2 Å². The first-order valence-corrected chi connectivity index (χ1v) is 18.0.